The van der Waals surface area contributed by atoms with E-state index in [1.807, 2.05) is 24.4 Å². The predicted octanol–water partition coefficient (Wildman–Crippen LogP) is 5.07. The van der Waals surface area contributed by atoms with E-state index in [2.05, 4.69) is 51.6 Å². The number of thiazole rings is 1. The van der Waals surface area contributed by atoms with E-state index in [1.54, 1.807) is 4.52 Å². The van der Waals surface area contributed by atoms with Crippen LogP contribution in [0, 0.1) is 0 Å². The predicted molar refractivity (Wildman–Crippen MR) is 116 cm³/mol. The van der Waals surface area contributed by atoms with Crippen LogP contribution in [0.1, 0.15) is 71.7 Å². The molecule has 0 aliphatic heterocycles. The molecule has 0 fully saturated rings. The Morgan fingerprint density at radius 2 is 1.64 bits per heavy atom. The van der Waals surface area contributed by atoms with E-state index in [0.717, 1.165) is 28.8 Å². The Kier molecular flexibility index (Phi) is 5.13. The molecular formula is C22H29N3O2S. The number of aromatic nitrogens is 3. The van der Waals surface area contributed by atoms with Crippen molar-refractivity contribution in [2.24, 2.45) is 0 Å². The monoisotopic (exact) mass is 399 g/mol. The van der Waals surface area contributed by atoms with Gasteiger partial charge in [-0.3, -0.25) is 4.79 Å². The third-order valence-corrected chi connectivity index (χ3v) is 5.67. The maximum atomic E-state index is 12.2. The Morgan fingerprint density at radius 3 is 2.14 bits per heavy atom. The molecule has 0 aliphatic carbocycles. The van der Waals surface area contributed by atoms with Gasteiger partial charge in [-0.05, 0) is 29.4 Å². The zero-order valence-corrected chi connectivity index (χ0v) is 18.6. The maximum absolute atomic E-state index is 12.2. The molecule has 0 saturated heterocycles. The first-order chi connectivity index (χ1) is 12.9. The highest BCUT2D eigenvalue weighted by Crippen LogP contribution is 2.42. The van der Waals surface area contributed by atoms with Crippen molar-refractivity contribution in [2.45, 2.75) is 72.1 Å². The minimum atomic E-state index is -0.244. The second kappa shape index (κ2) is 6.99. The summed E-state index contributed by atoms with van der Waals surface area (Å²) < 4.78 is 1.77. The van der Waals surface area contributed by atoms with E-state index < -0.39 is 0 Å². The fourth-order valence-electron chi connectivity index (χ4n) is 3.31. The Morgan fingerprint density at radius 1 is 1.07 bits per heavy atom. The smallest absolute Gasteiger partial charge is 0.295 e. The Balaban J connectivity index is 2.32. The highest BCUT2D eigenvalue weighted by molar-refractivity contribution is 7.15. The number of hydrogen-bond donors (Lipinski definition) is 1. The zero-order valence-electron chi connectivity index (χ0n) is 17.8. The van der Waals surface area contributed by atoms with Gasteiger partial charge in [0.25, 0.3) is 5.56 Å². The molecule has 28 heavy (non-hydrogen) atoms. The summed E-state index contributed by atoms with van der Waals surface area (Å²) >= 11 is 1.41. The summed E-state index contributed by atoms with van der Waals surface area (Å²) in [5, 5.41) is 17.6. The van der Waals surface area contributed by atoms with Gasteiger partial charge in [-0.25, -0.2) is 4.52 Å². The standard InChI is InChI=1S/C22H29N3O2S/c1-8-9-16-19(27)23-20-25(24-16)17(12-28-20)13-10-14(21(2,3)4)18(26)15(11-13)22(5,6)7/h10-12,26H,8-9H2,1-7H3. The molecule has 3 rings (SSSR count). The quantitative estimate of drug-likeness (QED) is 0.667. The van der Waals surface area contributed by atoms with Gasteiger partial charge in [0.2, 0.25) is 4.96 Å². The van der Waals surface area contributed by atoms with Crippen LogP contribution in [0.3, 0.4) is 0 Å². The Hall–Kier alpha value is -2.21. The summed E-state index contributed by atoms with van der Waals surface area (Å²) in [5.41, 5.74) is 3.49. The molecule has 150 valence electrons. The zero-order chi connectivity index (χ0) is 20.9. The van der Waals surface area contributed by atoms with E-state index in [4.69, 9.17) is 0 Å². The van der Waals surface area contributed by atoms with Gasteiger partial charge in [0.1, 0.15) is 11.4 Å². The van der Waals surface area contributed by atoms with Crippen molar-refractivity contribution in [2.75, 3.05) is 0 Å². The summed E-state index contributed by atoms with van der Waals surface area (Å²) in [5.74, 6) is 0.355. The number of rotatable bonds is 3. The second-order valence-corrected chi connectivity index (χ2v) is 10.2. The summed E-state index contributed by atoms with van der Waals surface area (Å²) in [6.45, 7) is 14.6. The van der Waals surface area contributed by atoms with Crippen molar-refractivity contribution in [1.29, 1.82) is 0 Å². The van der Waals surface area contributed by atoms with Gasteiger partial charge >= 0.3 is 0 Å². The molecule has 0 spiro atoms. The largest absolute Gasteiger partial charge is 0.507 e. The van der Waals surface area contributed by atoms with Crippen LogP contribution < -0.4 is 5.56 Å². The first-order valence-electron chi connectivity index (χ1n) is 9.69. The van der Waals surface area contributed by atoms with Crippen molar-refractivity contribution in [3.63, 3.8) is 0 Å². The fourth-order valence-corrected chi connectivity index (χ4v) is 4.13. The van der Waals surface area contributed by atoms with Crippen molar-refractivity contribution >= 4 is 16.3 Å². The first kappa shape index (κ1) is 20.5. The lowest BCUT2D eigenvalue weighted by atomic mass is 9.78. The SMILES string of the molecule is CCCc1nn2c(-c3cc(C(C)(C)C)c(O)c(C(C)(C)C)c3)csc2nc1=O. The average Bonchev–Trinajstić information content (AvgIpc) is 2.96. The highest BCUT2D eigenvalue weighted by Gasteiger charge is 2.27. The molecule has 0 radical (unpaired) electrons. The van der Waals surface area contributed by atoms with E-state index in [9.17, 15) is 9.90 Å². The highest BCUT2D eigenvalue weighted by atomic mass is 32.1. The van der Waals surface area contributed by atoms with Gasteiger partial charge in [0.15, 0.2) is 0 Å². The molecule has 0 amide bonds. The minimum absolute atomic E-state index is 0.210. The fraction of sp³-hybridized carbons (Fsp3) is 0.500. The molecule has 1 aromatic carbocycles. The van der Waals surface area contributed by atoms with Crippen molar-refractivity contribution in [3.05, 3.63) is 44.7 Å². The van der Waals surface area contributed by atoms with E-state index >= 15 is 0 Å². The van der Waals surface area contributed by atoms with Gasteiger partial charge < -0.3 is 5.11 Å². The van der Waals surface area contributed by atoms with Crippen LogP contribution in [0.25, 0.3) is 16.2 Å². The number of benzene rings is 1. The summed E-state index contributed by atoms with van der Waals surface area (Å²) in [6.07, 6.45) is 1.46. The van der Waals surface area contributed by atoms with Crippen LogP contribution >= 0.6 is 11.3 Å². The van der Waals surface area contributed by atoms with Gasteiger partial charge in [-0.1, -0.05) is 54.9 Å². The van der Waals surface area contributed by atoms with Crippen LogP contribution in [0.4, 0.5) is 0 Å². The van der Waals surface area contributed by atoms with Crippen LogP contribution in [0.2, 0.25) is 0 Å². The third kappa shape index (κ3) is 3.70. The van der Waals surface area contributed by atoms with Gasteiger partial charge in [-0.15, -0.1) is 11.3 Å². The lowest BCUT2D eigenvalue weighted by Crippen LogP contribution is -2.19. The molecule has 2 aromatic heterocycles. The summed E-state index contributed by atoms with van der Waals surface area (Å²) in [7, 11) is 0. The van der Waals surface area contributed by atoms with E-state index in [-0.39, 0.29) is 16.4 Å². The molecule has 6 heteroatoms. The normalized spacial score (nSPS) is 12.7. The van der Waals surface area contributed by atoms with Crippen LogP contribution in [-0.4, -0.2) is 19.7 Å². The summed E-state index contributed by atoms with van der Waals surface area (Å²) in [4.78, 5) is 17.0. The third-order valence-electron chi connectivity index (χ3n) is 4.86. The molecule has 0 aliphatic rings. The Labute approximate surface area is 170 Å². The molecule has 1 N–H and O–H groups in total. The molecule has 0 atom stereocenters. The number of aryl methyl sites for hydroxylation is 1. The number of hydrogen-bond acceptors (Lipinski definition) is 5. The van der Waals surface area contributed by atoms with Crippen molar-refractivity contribution in [1.82, 2.24) is 14.6 Å². The van der Waals surface area contributed by atoms with Crippen LogP contribution in [0.15, 0.2) is 22.3 Å². The molecule has 0 unspecified atom stereocenters. The number of fused-ring (bicyclic) bond motifs is 1. The van der Waals surface area contributed by atoms with Crippen molar-refractivity contribution < 1.29 is 5.11 Å². The number of phenols is 1. The molecule has 5 nitrogen and oxygen atoms in total. The van der Waals surface area contributed by atoms with Gasteiger partial charge in [0, 0.05) is 22.1 Å². The lowest BCUT2D eigenvalue weighted by molar-refractivity contribution is 0.423. The molecular weight excluding hydrogens is 370 g/mol. The van der Waals surface area contributed by atoms with Crippen LogP contribution in [0.5, 0.6) is 5.75 Å². The average molecular weight is 400 g/mol. The lowest BCUT2D eigenvalue weighted by Gasteiger charge is -2.28. The number of nitrogens with zero attached hydrogens (tertiary/aromatic N) is 3. The van der Waals surface area contributed by atoms with Crippen LogP contribution in [-0.2, 0) is 17.3 Å². The number of aromatic hydroxyl groups is 1. The second-order valence-electron chi connectivity index (χ2n) is 9.35. The molecule has 0 bridgehead atoms. The minimum Gasteiger partial charge on any atom is -0.507 e. The van der Waals surface area contributed by atoms with E-state index in [0.29, 0.717) is 22.8 Å². The van der Waals surface area contributed by atoms with E-state index in [1.165, 1.54) is 11.3 Å². The molecule has 3 aromatic rings. The number of phenolic OH excluding ortho intramolecular Hbond substituents is 1. The topological polar surface area (TPSA) is 67.5 Å². The maximum Gasteiger partial charge on any atom is 0.295 e. The molecule has 0 saturated carbocycles. The van der Waals surface area contributed by atoms with Gasteiger partial charge in [0.05, 0.1) is 5.69 Å². The molecule has 2 heterocycles. The summed E-state index contributed by atoms with van der Waals surface area (Å²) in [6, 6.07) is 4.07. The Bertz CT molecular complexity index is 1050. The van der Waals surface area contributed by atoms with Crippen molar-refractivity contribution in [3.8, 4) is 17.0 Å². The van der Waals surface area contributed by atoms with Gasteiger partial charge in [-0.2, -0.15) is 10.1 Å². The first-order valence-corrected chi connectivity index (χ1v) is 10.6.